The fourth-order valence-corrected chi connectivity index (χ4v) is 4.29. The molecule has 0 atom stereocenters. The summed E-state index contributed by atoms with van der Waals surface area (Å²) in [4.78, 5) is 26.8. The molecule has 0 radical (unpaired) electrons. The van der Waals surface area contributed by atoms with Crippen molar-refractivity contribution in [2.75, 3.05) is 36.1 Å². The van der Waals surface area contributed by atoms with Crippen molar-refractivity contribution in [3.63, 3.8) is 0 Å². The van der Waals surface area contributed by atoms with Gasteiger partial charge in [0.05, 0.1) is 13.2 Å². The van der Waals surface area contributed by atoms with Gasteiger partial charge in [-0.2, -0.15) is 0 Å². The van der Waals surface area contributed by atoms with Crippen LogP contribution in [0, 0.1) is 5.92 Å². The van der Waals surface area contributed by atoms with Crippen LogP contribution in [0.25, 0.3) is 0 Å². The maximum atomic E-state index is 11.4. The van der Waals surface area contributed by atoms with Crippen molar-refractivity contribution in [1.29, 1.82) is 0 Å². The van der Waals surface area contributed by atoms with Crippen molar-refractivity contribution in [1.82, 2.24) is 9.97 Å². The van der Waals surface area contributed by atoms with E-state index < -0.39 is 0 Å². The molecule has 1 amide bonds. The molecule has 39 heavy (non-hydrogen) atoms. The predicted octanol–water partition coefficient (Wildman–Crippen LogP) is 3.85. The number of nitrogen functional groups attached to an aromatic ring is 1. The number of rotatable bonds is 7. The average Bonchev–Trinajstić information content (AvgIpc) is 3.82. The number of ether oxygens (including phenoxy) is 1. The number of hydrogen-bond acceptors (Lipinski definition) is 8. The number of aliphatic hydroxyl groups is 1. The van der Waals surface area contributed by atoms with Gasteiger partial charge in [0.1, 0.15) is 22.4 Å². The number of methoxy groups -OCH3 is 1. The Hall–Kier alpha value is -3.89. The molecule has 3 aliphatic rings. The molecule has 0 unspecified atom stereocenters. The second-order valence-corrected chi connectivity index (χ2v) is 10.3. The second-order valence-electron chi connectivity index (χ2n) is 9.95. The van der Waals surface area contributed by atoms with Crippen LogP contribution in [0.15, 0.2) is 53.5 Å². The minimum Gasteiger partial charge on any atom is -0.497 e. The molecular weight excluding hydrogens is 518 g/mol. The van der Waals surface area contributed by atoms with Crippen LogP contribution >= 0.6 is 11.6 Å². The molecule has 10 nitrogen and oxygen atoms in total. The largest absolute Gasteiger partial charge is 0.497 e. The lowest BCUT2D eigenvalue weighted by molar-refractivity contribution is -0.117. The Morgan fingerprint density at radius 2 is 1.79 bits per heavy atom. The van der Waals surface area contributed by atoms with Gasteiger partial charge < -0.3 is 31.5 Å². The van der Waals surface area contributed by atoms with Gasteiger partial charge in [0, 0.05) is 41.9 Å². The van der Waals surface area contributed by atoms with Crippen LogP contribution in [0.4, 0.5) is 23.0 Å². The van der Waals surface area contributed by atoms with Gasteiger partial charge in [-0.15, -0.1) is 0 Å². The molecule has 2 aliphatic carbocycles. The quantitative estimate of drug-likeness (QED) is 0.197. The zero-order valence-electron chi connectivity index (χ0n) is 21.7. The molecule has 2 aromatic carbocycles. The van der Waals surface area contributed by atoms with E-state index in [1.165, 1.54) is 0 Å². The summed E-state index contributed by atoms with van der Waals surface area (Å²) >= 11 is 6.49. The number of nitrogens with two attached hydrogens (primary N) is 2. The minimum atomic E-state index is -0.350. The van der Waals surface area contributed by atoms with Gasteiger partial charge in [0.15, 0.2) is 11.6 Å². The molecule has 11 heteroatoms. The zero-order valence-corrected chi connectivity index (χ0v) is 22.4. The first-order chi connectivity index (χ1) is 18.8. The monoisotopic (exact) mass is 549 g/mol. The lowest BCUT2D eigenvalue weighted by Gasteiger charge is -2.37. The average molecular weight is 550 g/mol. The molecule has 1 aliphatic heterocycles. The molecule has 0 bridgehead atoms. The van der Waals surface area contributed by atoms with Gasteiger partial charge in [0.2, 0.25) is 5.91 Å². The van der Waals surface area contributed by atoms with E-state index in [1.54, 1.807) is 19.2 Å². The van der Waals surface area contributed by atoms with E-state index in [1.807, 2.05) is 41.3 Å². The number of nitrogens with one attached hydrogen (secondary N) is 1. The molecular formula is C28H32ClN7O3. The third kappa shape index (κ3) is 6.58. The number of halogens is 1. The molecule has 2 saturated carbocycles. The van der Waals surface area contributed by atoms with Crippen LogP contribution < -0.4 is 26.4 Å². The highest BCUT2D eigenvalue weighted by molar-refractivity contribution is 6.35. The summed E-state index contributed by atoms with van der Waals surface area (Å²) < 4.78 is 5.02. The SMILES string of the molecule is COc1ccc(NC(=O)C2CC2)cc1.N/C(=N\c1nc(C2CC2)nc(N2CC(O)C2)c1Cl)c1ccccc1N. The Kier molecular flexibility index (Phi) is 7.85. The Morgan fingerprint density at radius 1 is 1.10 bits per heavy atom. The van der Waals surface area contributed by atoms with Crippen molar-refractivity contribution < 1.29 is 14.6 Å². The number of amides is 1. The number of para-hydroxylation sites is 1. The number of amidine groups is 1. The highest BCUT2D eigenvalue weighted by Crippen LogP contribution is 2.42. The number of carbonyl (C=O) groups excluding carboxylic acids is 1. The number of aliphatic hydroxyl groups excluding tert-OH is 1. The molecule has 3 fully saturated rings. The number of hydrogen-bond donors (Lipinski definition) is 4. The number of carbonyl (C=O) groups is 1. The van der Waals surface area contributed by atoms with Gasteiger partial charge in [-0.1, -0.05) is 23.7 Å². The van der Waals surface area contributed by atoms with Crippen LogP contribution in [-0.2, 0) is 4.79 Å². The first kappa shape index (κ1) is 26.7. The molecule has 3 aromatic rings. The van der Waals surface area contributed by atoms with E-state index in [-0.39, 0.29) is 23.8 Å². The Bertz CT molecular complexity index is 1370. The Labute approximate surface area is 232 Å². The van der Waals surface area contributed by atoms with E-state index in [0.29, 0.717) is 46.9 Å². The van der Waals surface area contributed by atoms with Gasteiger partial charge in [-0.05, 0) is 62.1 Å². The molecule has 6 rings (SSSR count). The third-order valence-corrected chi connectivity index (χ3v) is 7.04. The van der Waals surface area contributed by atoms with Crippen LogP contribution in [0.1, 0.15) is 43.0 Å². The molecule has 6 N–H and O–H groups in total. The van der Waals surface area contributed by atoms with Gasteiger partial charge >= 0.3 is 0 Å². The van der Waals surface area contributed by atoms with E-state index in [0.717, 1.165) is 42.9 Å². The van der Waals surface area contributed by atoms with Crippen LogP contribution in [0.2, 0.25) is 5.02 Å². The maximum Gasteiger partial charge on any atom is 0.227 e. The third-order valence-electron chi connectivity index (χ3n) is 6.71. The van der Waals surface area contributed by atoms with Gasteiger partial charge in [-0.25, -0.2) is 15.0 Å². The van der Waals surface area contributed by atoms with E-state index in [4.69, 9.17) is 27.8 Å². The molecule has 0 spiro atoms. The summed E-state index contributed by atoms with van der Waals surface area (Å²) in [5.41, 5.74) is 14.1. The number of aromatic nitrogens is 2. The maximum absolute atomic E-state index is 11.4. The summed E-state index contributed by atoms with van der Waals surface area (Å²) in [6, 6.07) is 14.6. The summed E-state index contributed by atoms with van der Waals surface area (Å²) in [7, 11) is 1.62. The summed E-state index contributed by atoms with van der Waals surface area (Å²) in [6.45, 7) is 1.01. The van der Waals surface area contributed by atoms with Gasteiger partial charge in [0.25, 0.3) is 0 Å². The van der Waals surface area contributed by atoms with Crippen LogP contribution in [-0.4, -0.2) is 53.1 Å². The number of nitrogens with zero attached hydrogens (tertiary/aromatic N) is 4. The lowest BCUT2D eigenvalue weighted by atomic mass is 10.1. The Balaban J connectivity index is 0.000000186. The number of benzene rings is 2. The second kappa shape index (κ2) is 11.5. The van der Waals surface area contributed by atoms with Crippen molar-refractivity contribution in [2.24, 2.45) is 16.6 Å². The smallest absolute Gasteiger partial charge is 0.227 e. The van der Waals surface area contributed by atoms with Crippen molar-refractivity contribution >= 4 is 46.4 Å². The first-order valence-electron chi connectivity index (χ1n) is 13.0. The van der Waals surface area contributed by atoms with E-state index >= 15 is 0 Å². The highest BCUT2D eigenvalue weighted by atomic mass is 35.5. The Morgan fingerprint density at radius 3 is 2.38 bits per heavy atom. The van der Waals surface area contributed by atoms with Crippen molar-refractivity contribution in [3.8, 4) is 5.75 Å². The standard InChI is InChI=1S/C17H19ClN6O.C11H13NO2/c18-13-16(21-14(20)11-3-1-2-4-12(11)19)22-15(9-5-6-9)23-17(13)24-7-10(25)8-24;1-14-10-6-4-9(5-7-10)12-11(13)8-2-3-8/h1-4,9-10,25H,5-8,19H2,(H2,20,21,22,23);4-8H,2-3H2,1H3,(H,12,13). The zero-order chi connectivity index (χ0) is 27.5. The van der Waals surface area contributed by atoms with E-state index in [9.17, 15) is 9.90 Å². The van der Waals surface area contributed by atoms with Gasteiger partial charge in [-0.3, -0.25) is 4.79 Å². The lowest BCUT2D eigenvalue weighted by Crippen LogP contribution is -2.51. The highest BCUT2D eigenvalue weighted by Gasteiger charge is 2.33. The number of β-amino-alcohol motifs (C(OH)–C–C–N with tert-alkyl or cyclic N) is 1. The summed E-state index contributed by atoms with van der Waals surface area (Å²) in [5, 5.41) is 12.8. The molecule has 1 aromatic heterocycles. The van der Waals surface area contributed by atoms with Crippen LogP contribution in [0.3, 0.4) is 0 Å². The van der Waals surface area contributed by atoms with Crippen LogP contribution in [0.5, 0.6) is 5.75 Å². The number of anilines is 3. The topological polar surface area (TPSA) is 152 Å². The molecule has 2 heterocycles. The predicted molar refractivity (Wildman–Crippen MR) is 153 cm³/mol. The minimum absolute atomic E-state index is 0.134. The molecule has 1 saturated heterocycles. The van der Waals surface area contributed by atoms with Crippen molar-refractivity contribution in [2.45, 2.75) is 37.7 Å². The van der Waals surface area contributed by atoms with E-state index in [2.05, 4.69) is 20.3 Å². The first-order valence-corrected chi connectivity index (χ1v) is 13.3. The fraction of sp³-hybridized carbons (Fsp3) is 0.357. The summed E-state index contributed by atoms with van der Waals surface area (Å²) in [6.07, 6.45) is 3.84. The number of aliphatic imine (C=N–C) groups is 1. The fourth-order valence-electron chi connectivity index (χ4n) is 4.04. The molecule has 204 valence electrons. The normalized spacial score (nSPS) is 17.1. The van der Waals surface area contributed by atoms with Crippen molar-refractivity contribution in [3.05, 3.63) is 64.9 Å². The summed E-state index contributed by atoms with van der Waals surface area (Å²) in [5.74, 6) is 3.47.